The zero-order chi connectivity index (χ0) is 19.1. The number of hydrogen-bond acceptors (Lipinski definition) is 4. The molecule has 5 nitrogen and oxygen atoms in total. The van der Waals surface area contributed by atoms with Crippen molar-refractivity contribution in [2.45, 2.75) is 24.9 Å². The van der Waals surface area contributed by atoms with E-state index in [0.717, 1.165) is 25.9 Å². The standard InChI is InChI=1S/C23H26N2O3/c26-16-9-15-11-24-13-23(15,10-16)14-25-22(27)28-12-21-19-7-3-1-5-17(19)18-6-2-4-8-20(18)21/h1-8,15-16,21,24,26H,9-14H2,(H,25,27)/t15-,16?,23+/m1/s1. The van der Waals surface area contributed by atoms with Gasteiger partial charge in [-0.2, -0.15) is 0 Å². The van der Waals surface area contributed by atoms with Crippen LogP contribution in [0.1, 0.15) is 29.9 Å². The second kappa shape index (κ2) is 6.90. The van der Waals surface area contributed by atoms with E-state index in [1.165, 1.54) is 22.3 Å². The third-order valence-electron chi connectivity index (χ3n) is 6.86. The smallest absolute Gasteiger partial charge is 0.407 e. The van der Waals surface area contributed by atoms with E-state index < -0.39 is 0 Å². The van der Waals surface area contributed by atoms with Crippen molar-refractivity contribution in [2.75, 3.05) is 26.2 Å². The molecule has 3 aliphatic rings. The summed E-state index contributed by atoms with van der Waals surface area (Å²) < 4.78 is 5.64. The first-order valence-corrected chi connectivity index (χ1v) is 10.1. The van der Waals surface area contributed by atoms with Crippen LogP contribution in [0.3, 0.4) is 0 Å². The predicted octanol–water partition coefficient (Wildman–Crippen LogP) is 2.89. The first-order valence-electron chi connectivity index (χ1n) is 10.1. The summed E-state index contributed by atoms with van der Waals surface area (Å²) in [6.45, 7) is 2.65. The van der Waals surface area contributed by atoms with Crippen molar-refractivity contribution < 1.29 is 14.6 Å². The average molecular weight is 378 g/mol. The second-order valence-corrected chi connectivity index (χ2v) is 8.46. The Hall–Kier alpha value is -2.37. The van der Waals surface area contributed by atoms with E-state index in [2.05, 4.69) is 34.9 Å². The van der Waals surface area contributed by atoms with Crippen LogP contribution < -0.4 is 10.6 Å². The molecular formula is C23H26N2O3. The number of rotatable bonds is 4. The maximum Gasteiger partial charge on any atom is 0.407 e. The van der Waals surface area contributed by atoms with E-state index >= 15 is 0 Å². The van der Waals surface area contributed by atoms with Crippen LogP contribution in [0, 0.1) is 11.3 Å². The fourth-order valence-corrected chi connectivity index (χ4v) is 5.49. The summed E-state index contributed by atoms with van der Waals surface area (Å²) in [6.07, 6.45) is 0.938. The van der Waals surface area contributed by atoms with Crippen LogP contribution in [0.5, 0.6) is 0 Å². The Morgan fingerprint density at radius 3 is 2.54 bits per heavy atom. The molecule has 3 N–H and O–H groups in total. The van der Waals surface area contributed by atoms with Crippen LogP contribution in [0.2, 0.25) is 0 Å². The van der Waals surface area contributed by atoms with Gasteiger partial charge >= 0.3 is 6.09 Å². The molecule has 1 aliphatic heterocycles. The summed E-state index contributed by atoms with van der Waals surface area (Å²) in [4.78, 5) is 12.4. The minimum absolute atomic E-state index is 0.0367. The van der Waals surface area contributed by atoms with Gasteiger partial charge in [0.15, 0.2) is 0 Å². The lowest BCUT2D eigenvalue weighted by Crippen LogP contribution is -2.41. The fraction of sp³-hybridized carbons (Fsp3) is 0.435. The number of carbonyl (C=O) groups excluding carboxylic acids is 1. The van der Waals surface area contributed by atoms with E-state index in [9.17, 15) is 9.90 Å². The molecule has 1 saturated carbocycles. The Balaban J connectivity index is 1.24. The molecule has 0 radical (unpaired) electrons. The Morgan fingerprint density at radius 1 is 1.14 bits per heavy atom. The number of alkyl carbamates (subject to hydrolysis) is 1. The lowest BCUT2D eigenvalue weighted by atomic mass is 9.81. The molecule has 2 aliphatic carbocycles. The molecule has 1 unspecified atom stereocenters. The highest BCUT2D eigenvalue weighted by Crippen LogP contribution is 2.46. The van der Waals surface area contributed by atoms with Gasteiger partial charge in [0, 0.05) is 24.4 Å². The lowest BCUT2D eigenvalue weighted by molar-refractivity contribution is 0.130. The summed E-state index contributed by atoms with van der Waals surface area (Å²) in [7, 11) is 0. The fourth-order valence-electron chi connectivity index (χ4n) is 5.49. The van der Waals surface area contributed by atoms with Gasteiger partial charge in [-0.1, -0.05) is 48.5 Å². The molecule has 1 amide bonds. The number of carbonyl (C=O) groups is 1. The van der Waals surface area contributed by atoms with Gasteiger partial charge < -0.3 is 20.5 Å². The number of fused-ring (bicyclic) bond motifs is 4. The summed E-state index contributed by atoms with van der Waals surface area (Å²) in [6, 6.07) is 16.7. The van der Waals surface area contributed by atoms with Gasteiger partial charge in [0.25, 0.3) is 0 Å². The molecule has 0 aromatic heterocycles. The van der Waals surface area contributed by atoms with Gasteiger partial charge in [0.05, 0.1) is 6.10 Å². The Kier molecular flexibility index (Phi) is 4.37. The van der Waals surface area contributed by atoms with E-state index in [1.54, 1.807) is 0 Å². The van der Waals surface area contributed by atoms with Crippen molar-refractivity contribution in [1.82, 2.24) is 10.6 Å². The Bertz CT molecular complexity index is 853. The van der Waals surface area contributed by atoms with Crippen LogP contribution in [0.4, 0.5) is 4.79 Å². The maximum atomic E-state index is 12.4. The minimum atomic E-state index is -0.372. The van der Waals surface area contributed by atoms with Crippen LogP contribution in [0.25, 0.3) is 11.1 Å². The number of hydrogen-bond donors (Lipinski definition) is 3. The summed E-state index contributed by atoms with van der Waals surface area (Å²) >= 11 is 0. The van der Waals surface area contributed by atoms with Gasteiger partial charge in [-0.05, 0) is 47.6 Å². The number of amides is 1. The Labute approximate surface area is 165 Å². The maximum absolute atomic E-state index is 12.4. The van der Waals surface area contributed by atoms with Crippen LogP contribution in [0.15, 0.2) is 48.5 Å². The predicted molar refractivity (Wildman–Crippen MR) is 107 cm³/mol. The largest absolute Gasteiger partial charge is 0.449 e. The highest BCUT2D eigenvalue weighted by atomic mass is 16.5. The number of ether oxygens (including phenoxy) is 1. The highest BCUT2D eigenvalue weighted by Gasteiger charge is 2.49. The number of benzene rings is 2. The molecule has 2 aromatic rings. The SMILES string of the molecule is O=C(NC[C@]12CNC[C@H]1CC(O)C2)OCC1c2ccccc2-c2ccccc21. The molecule has 0 spiro atoms. The minimum Gasteiger partial charge on any atom is -0.449 e. The van der Waals surface area contributed by atoms with E-state index in [0.29, 0.717) is 19.1 Å². The first kappa shape index (κ1) is 17.7. The zero-order valence-electron chi connectivity index (χ0n) is 15.9. The number of aliphatic hydroxyl groups excluding tert-OH is 1. The molecule has 5 heteroatoms. The van der Waals surface area contributed by atoms with Crippen LogP contribution in [-0.2, 0) is 4.74 Å². The quantitative estimate of drug-likeness (QED) is 0.765. The van der Waals surface area contributed by atoms with E-state index in [4.69, 9.17) is 4.74 Å². The van der Waals surface area contributed by atoms with Crippen molar-refractivity contribution in [3.05, 3.63) is 59.7 Å². The molecule has 1 saturated heterocycles. The molecular weight excluding hydrogens is 352 g/mol. The monoisotopic (exact) mass is 378 g/mol. The molecule has 28 heavy (non-hydrogen) atoms. The second-order valence-electron chi connectivity index (χ2n) is 8.46. The van der Waals surface area contributed by atoms with Crippen LogP contribution >= 0.6 is 0 Å². The number of aliphatic hydroxyl groups is 1. The molecule has 3 atom stereocenters. The van der Waals surface area contributed by atoms with Gasteiger partial charge in [0.1, 0.15) is 6.61 Å². The van der Waals surface area contributed by atoms with Crippen molar-refractivity contribution >= 4 is 6.09 Å². The molecule has 2 fully saturated rings. The van der Waals surface area contributed by atoms with Gasteiger partial charge in [-0.15, -0.1) is 0 Å². The first-order chi connectivity index (χ1) is 13.7. The zero-order valence-corrected chi connectivity index (χ0v) is 15.9. The van der Waals surface area contributed by atoms with Crippen molar-refractivity contribution in [3.63, 3.8) is 0 Å². The van der Waals surface area contributed by atoms with Crippen molar-refractivity contribution in [3.8, 4) is 11.1 Å². The third kappa shape index (κ3) is 2.90. The topological polar surface area (TPSA) is 70.6 Å². The highest BCUT2D eigenvalue weighted by molar-refractivity contribution is 5.79. The van der Waals surface area contributed by atoms with Gasteiger partial charge in [-0.25, -0.2) is 4.79 Å². The number of nitrogens with one attached hydrogen (secondary N) is 2. The Morgan fingerprint density at radius 2 is 1.82 bits per heavy atom. The summed E-state index contributed by atoms with van der Waals surface area (Å²) in [5, 5.41) is 16.4. The normalized spacial score (nSPS) is 27.9. The molecule has 146 valence electrons. The molecule has 0 bridgehead atoms. The van der Waals surface area contributed by atoms with Crippen LogP contribution in [-0.4, -0.2) is 43.5 Å². The lowest BCUT2D eigenvalue weighted by Gasteiger charge is -2.28. The summed E-state index contributed by atoms with van der Waals surface area (Å²) in [5.74, 6) is 0.502. The molecule has 2 aromatic carbocycles. The van der Waals surface area contributed by atoms with Gasteiger partial charge in [0.2, 0.25) is 0 Å². The van der Waals surface area contributed by atoms with Gasteiger partial charge in [-0.3, -0.25) is 0 Å². The van der Waals surface area contributed by atoms with E-state index in [-0.39, 0.29) is 23.5 Å². The average Bonchev–Trinajstić information content (AvgIpc) is 3.33. The molecule has 5 rings (SSSR count). The van der Waals surface area contributed by atoms with Crippen molar-refractivity contribution in [2.24, 2.45) is 11.3 Å². The van der Waals surface area contributed by atoms with E-state index in [1.807, 2.05) is 24.3 Å². The summed E-state index contributed by atoms with van der Waals surface area (Å²) in [5.41, 5.74) is 4.85. The molecule has 1 heterocycles. The third-order valence-corrected chi connectivity index (χ3v) is 6.86. The van der Waals surface area contributed by atoms with Crippen molar-refractivity contribution in [1.29, 1.82) is 0 Å².